The van der Waals surface area contributed by atoms with Crippen molar-refractivity contribution < 1.29 is 47.6 Å². The Morgan fingerprint density at radius 2 is 1.33 bits per heavy atom. The number of esters is 4. The Balaban J connectivity index is 3.35. The second-order valence-corrected chi connectivity index (χ2v) is 8.53. The molecule has 0 aromatic rings. The van der Waals surface area contributed by atoms with Gasteiger partial charge in [-0.05, 0) is 0 Å². The third-order valence-electron chi connectivity index (χ3n) is 3.55. The van der Waals surface area contributed by atoms with Gasteiger partial charge in [-0.15, -0.1) is 0 Å². The van der Waals surface area contributed by atoms with Crippen LogP contribution in [0.5, 0.6) is 0 Å². The summed E-state index contributed by atoms with van der Waals surface area (Å²) < 4.78 is 29.4. The maximum absolute atomic E-state index is 11.7. The molecule has 0 saturated carbocycles. The highest BCUT2D eigenvalue weighted by Crippen LogP contribution is 2.34. The fourth-order valence-corrected chi connectivity index (χ4v) is 2.67. The lowest BCUT2D eigenvalue weighted by Gasteiger charge is -2.44. The molecule has 11 nitrogen and oxygen atoms in total. The van der Waals surface area contributed by atoms with Gasteiger partial charge in [-0.25, -0.2) is 0 Å². The summed E-state index contributed by atoms with van der Waals surface area (Å²) in [7, 11) is 0. The Morgan fingerprint density at radius 1 is 0.867 bits per heavy atom. The van der Waals surface area contributed by atoms with E-state index in [1.165, 1.54) is 0 Å². The minimum absolute atomic E-state index is 0.430. The molecule has 0 radical (unpaired) electrons. The van der Waals surface area contributed by atoms with Gasteiger partial charge in [-0.2, -0.15) is 0 Å². The first-order valence-electron chi connectivity index (χ1n) is 8.50. The second-order valence-electron chi connectivity index (χ2n) is 6.17. The first-order chi connectivity index (χ1) is 13.7. The quantitative estimate of drug-likeness (QED) is 0.231. The molecule has 172 valence electrons. The maximum atomic E-state index is 11.7. The minimum atomic E-state index is -2.10. The zero-order valence-corrected chi connectivity index (χ0v) is 18.7. The van der Waals surface area contributed by atoms with E-state index in [9.17, 15) is 19.2 Å². The molecule has 1 saturated heterocycles. The van der Waals surface area contributed by atoms with Crippen molar-refractivity contribution in [2.24, 2.45) is 5.73 Å². The Bertz CT molecular complexity index is 656. The van der Waals surface area contributed by atoms with Crippen LogP contribution in [0.15, 0.2) is 0 Å². The Hall–Kier alpha value is -1.37. The topological polar surface area (TPSA) is 150 Å². The van der Waals surface area contributed by atoms with E-state index in [0.717, 1.165) is 27.7 Å². The maximum Gasteiger partial charge on any atom is 0.303 e. The molecule has 1 aliphatic heterocycles. The molecule has 0 aliphatic carbocycles. The van der Waals surface area contributed by atoms with Crippen molar-refractivity contribution in [3.05, 3.63) is 0 Å². The van der Waals surface area contributed by atoms with E-state index in [1.807, 2.05) is 0 Å². The predicted molar refractivity (Wildman–Crippen MR) is 101 cm³/mol. The van der Waals surface area contributed by atoms with Crippen molar-refractivity contribution in [3.8, 4) is 0 Å². The average Bonchev–Trinajstić information content (AvgIpc) is 2.56. The van der Waals surface area contributed by atoms with E-state index >= 15 is 0 Å². The van der Waals surface area contributed by atoms with Gasteiger partial charge in [0.05, 0.1) is 0 Å². The van der Waals surface area contributed by atoms with E-state index in [-0.39, 0.29) is 0 Å². The Morgan fingerprint density at radius 3 is 1.77 bits per heavy atom. The van der Waals surface area contributed by atoms with E-state index in [0.29, 0.717) is 0 Å². The highest BCUT2D eigenvalue weighted by molar-refractivity contribution is 6.68. The molecule has 0 aromatic heterocycles. The van der Waals surface area contributed by atoms with E-state index < -0.39 is 71.2 Å². The monoisotopic (exact) mass is 493 g/mol. The van der Waals surface area contributed by atoms with E-state index in [1.54, 1.807) is 0 Å². The molecule has 1 aliphatic rings. The van der Waals surface area contributed by atoms with Crippen molar-refractivity contribution in [1.29, 1.82) is 0 Å². The lowest BCUT2D eigenvalue weighted by Crippen LogP contribution is -2.64. The third kappa shape index (κ3) is 8.40. The molecule has 1 heterocycles. The fraction of sp³-hybridized carbons (Fsp3) is 0.750. The molecular weight excluding hydrogens is 473 g/mol. The summed E-state index contributed by atoms with van der Waals surface area (Å²) in [5, 5.41) is 0. The number of halogens is 3. The van der Waals surface area contributed by atoms with E-state index in [2.05, 4.69) is 0 Å². The number of nitrogens with two attached hydrogens (primary N) is 1. The number of hydrogen-bond acceptors (Lipinski definition) is 11. The normalized spacial score (nSPS) is 27.5. The summed E-state index contributed by atoms with van der Waals surface area (Å²) in [6.45, 7) is 3.95. The standard InChI is InChI=1S/C16H22Cl3NO10/c1-6(21)25-5-10-11(26-7(2)22)12(27-8(3)23)13(28-9(4)24)14(29-10)30-15(20)16(17,18)19/h10-15H,5,20H2,1-4H3/t10-,11+,12+,13-,14-,15+/m1/s1. The van der Waals surface area contributed by atoms with Gasteiger partial charge in [0.1, 0.15) is 12.7 Å². The van der Waals surface area contributed by atoms with Crippen LogP contribution in [0.1, 0.15) is 27.7 Å². The van der Waals surface area contributed by atoms with Crippen LogP contribution in [0, 0.1) is 0 Å². The molecular formula is C16H22Cl3NO10. The van der Waals surface area contributed by atoms with Crippen LogP contribution < -0.4 is 5.73 Å². The largest absolute Gasteiger partial charge is 0.463 e. The lowest BCUT2D eigenvalue weighted by atomic mass is 9.98. The minimum Gasteiger partial charge on any atom is -0.463 e. The van der Waals surface area contributed by atoms with Gasteiger partial charge in [-0.1, -0.05) is 34.8 Å². The SMILES string of the molecule is CC(=O)OC[C@H]1O[C@H](O[C@H](N)C(Cl)(Cl)Cl)[C@H](OC(C)=O)[C@@H](OC(C)=O)[C@H]1OC(C)=O. The molecule has 14 heteroatoms. The summed E-state index contributed by atoms with van der Waals surface area (Å²) >= 11 is 17.1. The first-order valence-corrected chi connectivity index (χ1v) is 9.64. The number of ether oxygens (including phenoxy) is 6. The molecule has 0 amide bonds. The predicted octanol–water partition coefficient (Wildman–Crippen LogP) is 0.741. The van der Waals surface area contributed by atoms with Gasteiger partial charge >= 0.3 is 23.9 Å². The summed E-state index contributed by atoms with van der Waals surface area (Å²) in [6.07, 6.45) is -8.54. The van der Waals surface area contributed by atoms with Crippen LogP contribution in [0.25, 0.3) is 0 Å². The van der Waals surface area contributed by atoms with Crippen LogP contribution in [0.3, 0.4) is 0 Å². The van der Waals surface area contributed by atoms with Crippen molar-refractivity contribution >= 4 is 58.7 Å². The van der Waals surface area contributed by atoms with Crippen LogP contribution in [0.4, 0.5) is 0 Å². The number of alkyl halides is 3. The van der Waals surface area contributed by atoms with Gasteiger partial charge in [0.15, 0.2) is 24.5 Å². The number of carbonyl (C=O) groups is 4. The van der Waals surface area contributed by atoms with Gasteiger partial charge in [0.25, 0.3) is 0 Å². The van der Waals surface area contributed by atoms with Crippen LogP contribution >= 0.6 is 34.8 Å². The fourth-order valence-electron chi connectivity index (χ4n) is 2.52. The highest BCUT2D eigenvalue weighted by Gasteiger charge is 2.54. The van der Waals surface area contributed by atoms with Crippen molar-refractivity contribution in [2.45, 2.75) is 68.4 Å². The van der Waals surface area contributed by atoms with Crippen LogP contribution in [0.2, 0.25) is 0 Å². The van der Waals surface area contributed by atoms with Crippen molar-refractivity contribution in [1.82, 2.24) is 0 Å². The zero-order chi connectivity index (χ0) is 23.2. The molecule has 0 spiro atoms. The summed E-state index contributed by atoms with van der Waals surface area (Å²) in [4.78, 5) is 46.2. The summed E-state index contributed by atoms with van der Waals surface area (Å²) in [5.41, 5.74) is 5.69. The molecule has 0 aromatic carbocycles. The van der Waals surface area contributed by atoms with Gasteiger partial charge < -0.3 is 34.2 Å². The molecule has 0 unspecified atom stereocenters. The number of carbonyl (C=O) groups excluding carboxylic acids is 4. The van der Waals surface area contributed by atoms with Crippen LogP contribution in [-0.2, 0) is 47.6 Å². The van der Waals surface area contributed by atoms with Crippen LogP contribution in [-0.4, -0.2) is 71.2 Å². The van der Waals surface area contributed by atoms with E-state index in [4.69, 9.17) is 69.0 Å². The van der Waals surface area contributed by atoms with Crippen molar-refractivity contribution in [3.63, 3.8) is 0 Å². The Labute approximate surface area is 187 Å². The lowest BCUT2D eigenvalue weighted by molar-refractivity contribution is -0.316. The molecule has 30 heavy (non-hydrogen) atoms. The molecule has 2 N–H and O–H groups in total. The van der Waals surface area contributed by atoms with Gasteiger partial charge in [0, 0.05) is 27.7 Å². The zero-order valence-electron chi connectivity index (χ0n) is 16.5. The van der Waals surface area contributed by atoms with Crippen molar-refractivity contribution in [2.75, 3.05) is 6.61 Å². The highest BCUT2D eigenvalue weighted by atomic mass is 35.6. The summed E-state index contributed by atoms with van der Waals surface area (Å²) in [6, 6.07) is 0. The number of rotatable bonds is 7. The van der Waals surface area contributed by atoms with Gasteiger partial charge in [-0.3, -0.25) is 19.2 Å². The third-order valence-corrected chi connectivity index (χ3v) is 4.20. The average molecular weight is 495 g/mol. The number of hydrogen-bond donors (Lipinski definition) is 1. The van der Waals surface area contributed by atoms with Gasteiger partial charge in [0.2, 0.25) is 10.1 Å². The summed E-state index contributed by atoms with van der Waals surface area (Å²) in [5.74, 6) is -3.04. The Kier molecular flexibility index (Phi) is 10.0. The first kappa shape index (κ1) is 26.7. The smallest absolute Gasteiger partial charge is 0.303 e. The second kappa shape index (κ2) is 11.3. The molecule has 6 atom stereocenters. The molecule has 1 fully saturated rings. The molecule has 1 rings (SSSR count). The molecule has 0 bridgehead atoms.